The minimum Gasteiger partial charge on any atom is -0.292 e. The maximum Gasteiger partial charge on any atom is 0.181 e. The van der Waals surface area contributed by atoms with Gasteiger partial charge in [-0.2, -0.15) is 11.3 Å². The summed E-state index contributed by atoms with van der Waals surface area (Å²) in [5.74, 6) is 0.0960. The van der Waals surface area contributed by atoms with Crippen LogP contribution in [0.25, 0.3) is 0 Å². The molecular weight excluding hydrogens is 286 g/mol. The van der Waals surface area contributed by atoms with E-state index in [1.807, 2.05) is 17.5 Å². The van der Waals surface area contributed by atoms with Crippen LogP contribution in [0.4, 0.5) is 0 Å². The fourth-order valence-corrected chi connectivity index (χ4v) is 2.30. The van der Waals surface area contributed by atoms with Crippen molar-refractivity contribution in [2.75, 3.05) is 0 Å². The Kier molecular flexibility index (Phi) is 3.85. The largest absolute Gasteiger partial charge is 0.292 e. The number of ketones is 1. The van der Waals surface area contributed by atoms with E-state index in [0.29, 0.717) is 12.1 Å². The minimum atomic E-state index is 0.0960. The van der Waals surface area contributed by atoms with E-state index >= 15 is 0 Å². The number of hydrogen-bond acceptors (Lipinski definition) is 3. The van der Waals surface area contributed by atoms with Gasteiger partial charge in [-0.15, -0.1) is 0 Å². The molecule has 4 heteroatoms. The van der Waals surface area contributed by atoms with Gasteiger partial charge in [0.1, 0.15) is 5.69 Å². The molecule has 2 aromatic heterocycles. The Labute approximate surface area is 106 Å². The molecule has 0 saturated carbocycles. The minimum absolute atomic E-state index is 0.0960. The van der Waals surface area contributed by atoms with Crippen molar-refractivity contribution < 1.29 is 4.79 Å². The number of aryl methyl sites for hydroxylation is 1. The molecule has 2 heterocycles. The molecule has 0 N–H and O–H groups in total. The summed E-state index contributed by atoms with van der Waals surface area (Å²) in [6.07, 6.45) is 2.96. The third-order valence-corrected chi connectivity index (χ3v) is 3.44. The topological polar surface area (TPSA) is 30.0 Å². The Hall–Kier alpha value is -1.00. The second-order valence-corrected chi connectivity index (χ2v) is 5.11. The fourth-order valence-electron chi connectivity index (χ4n) is 1.36. The van der Waals surface area contributed by atoms with Crippen LogP contribution in [0.1, 0.15) is 22.5 Å². The van der Waals surface area contributed by atoms with E-state index < -0.39 is 0 Å². The Bertz CT molecular complexity index is 464. The van der Waals surface area contributed by atoms with E-state index in [2.05, 4.69) is 26.3 Å². The van der Waals surface area contributed by atoms with Crippen molar-refractivity contribution in [3.05, 3.63) is 50.9 Å². The molecule has 82 valence electrons. The number of aromatic nitrogens is 1. The first-order valence-corrected chi connectivity index (χ1v) is 6.65. The fraction of sp³-hybridized carbons (Fsp3) is 0.167. The molecule has 0 saturated heterocycles. The first-order valence-electron chi connectivity index (χ1n) is 4.91. The van der Waals surface area contributed by atoms with E-state index in [1.54, 1.807) is 23.6 Å². The summed E-state index contributed by atoms with van der Waals surface area (Å²) in [7, 11) is 0. The third kappa shape index (κ3) is 3.00. The van der Waals surface area contributed by atoms with Crippen molar-refractivity contribution in [2.24, 2.45) is 0 Å². The molecule has 0 aliphatic rings. The summed E-state index contributed by atoms with van der Waals surface area (Å²) in [4.78, 5) is 15.9. The number of rotatable bonds is 4. The van der Waals surface area contributed by atoms with E-state index in [0.717, 1.165) is 10.9 Å². The zero-order valence-electron chi connectivity index (χ0n) is 8.52. The van der Waals surface area contributed by atoms with Crippen molar-refractivity contribution in [2.45, 2.75) is 12.8 Å². The van der Waals surface area contributed by atoms with Gasteiger partial charge in [-0.25, -0.2) is 0 Å². The van der Waals surface area contributed by atoms with Crippen LogP contribution in [0.2, 0.25) is 0 Å². The quantitative estimate of drug-likeness (QED) is 0.805. The molecule has 16 heavy (non-hydrogen) atoms. The SMILES string of the molecule is O=C(CCc1ccsc1)c1ccc(Br)cn1. The normalized spacial score (nSPS) is 10.3. The van der Waals surface area contributed by atoms with E-state index in [-0.39, 0.29) is 5.78 Å². The lowest BCUT2D eigenvalue weighted by molar-refractivity contribution is 0.0978. The first-order chi connectivity index (χ1) is 7.75. The van der Waals surface area contributed by atoms with Gasteiger partial charge in [-0.05, 0) is 56.9 Å². The van der Waals surface area contributed by atoms with Gasteiger partial charge in [0.2, 0.25) is 0 Å². The molecule has 2 rings (SSSR count). The molecule has 0 radical (unpaired) electrons. The number of pyridine rings is 1. The van der Waals surface area contributed by atoms with Gasteiger partial charge < -0.3 is 0 Å². The van der Waals surface area contributed by atoms with E-state index in [4.69, 9.17) is 0 Å². The molecule has 0 aliphatic heterocycles. The molecule has 0 amide bonds. The maximum absolute atomic E-state index is 11.8. The smallest absolute Gasteiger partial charge is 0.181 e. The molecule has 0 unspecified atom stereocenters. The number of nitrogens with zero attached hydrogens (tertiary/aromatic N) is 1. The Morgan fingerprint density at radius 2 is 2.25 bits per heavy atom. The predicted molar refractivity (Wildman–Crippen MR) is 68.9 cm³/mol. The second-order valence-electron chi connectivity index (χ2n) is 3.42. The highest BCUT2D eigenvalue weighted by Crippen LogP contribution is 2.12. The van der Waals surface area contributed by atoms with Gasteiger partial charge >= 0.3 is 0 Å². The summed E-state index contributed by atoms with van der Waals surface area (Å²) < 4.78 is 0.891. The van der Waals surface area contributed by atoms with Gasteiger partial charge in [0, 0.05) is 17.1 Å². The first kappa shape index (κ1) is 11.5. The van der Waals surface area contributed by atoms with Crippen molar-refractivity contribution >= 4 is 33.0 Å². The summed E-state index contributed by atoms with van der Waals surface area (Å²) >= 11 is 4.95. The molecule has 2 nitrogen and oxygen atoms in total. The molecule has 0 bridgehead atoms. The van der Waals surface area contributed by atoms with Gasteiger partial charge in [-0.1, -0.05) is 0 Å². The van der Waals surface area contributed by atoms with Crippen LogP contribution in [-0.4, -0.2) is 10.8 Å². The van der Waals surface area contributed by atoms with Crippen LogP contribution in [0.5, 0.6) is 0 Å². The van der Waals surface area contributed by atoms with Crippen LogP contribution < -0.4 is 0 Å². The molecule has 2 aromatic rings. The van der Waals surface area contributed by atoms with Crippen LogP contribution in [0.3, 0.4) is 0 Å². The van der Waals surface area contributed by atoms with Gasteiger partial charge in [-0.3, -0.25) is 9.78 Å². The van der Waals surface area contributed by atoms with E-state index in [1.165, 1.54) is 5.56 Å². The summed E-state index contributed by atoms with van der Waals surface area (Å²) in [6, 6.07) is 5.64. The predicted octanol–water partition coefficient (Wildman–Crippen LogP) is 3.72. The lowest BCUT2D eigenvalue weighted by Gasteiger charge is -1.99. The van der Waals surface area contributed by atoms with Crippen LogP contribution in [0, 0.1) is 0 Å². The van der Waals surface area contributed by atoms with Gasteiger partial charge in [0.25, 0.3) is 0 Å². The lowest BCUT2D eigenvalue weighted by atomic mass is 10.1. The zero-order valence-corrected chi connectivity index (χ0v) is 10.9. The molecule has 0 spiro atoms. The second kappa shape index (κ2) is 5.37. The number of carbonyl (C=O) groups is 1. The Balaban J connectivity index is 1.95. The van der Waals surface area contributed by atoms with Crippen LogP contribution in [-0.2, 0) is 6.42 Å². The van der Waals surface area contributed by atoms with E-state index in [9.17, 15) is 4.79 Å². The molecule has 0 aromatic carbocycles. The van der Waals surface area contributed by atoms with Crippen molar-refractivity contribution in [3.8, 4) is 0 Å². The molecule has 0 aliphatic carbocycles. The number of Topliss-reactive ketones (excluding diaryl/α,β-unsaturated/α-hetero) is 1. The zero-order chi connectivity index (χ0) is 11.4. The van der Waals surface area contributed by atoms with Crippen molar-refractivity contribution in [1.29, 1.82) is 0 Å². The van der Waals surface area contributed by atoms with Crippen molar-refractivity contribution in [1.82, 2.24) is 4.98 Å². The number of thiophene rings is 1. The Morgan fingerprint density at radius 3 is 2.88 bits per heavy atom. The number of hydrogen-bond donors (Lipinski definition) is 0. The Morgan fingerprint density at radius 1 is 1.38 bits per heavy atom. The summed E-state index contributed by atoms with van der Waals surface area (Å²) in [5.41, 5.74) is 1.76. The highest BCUT2D eigenvalue weighted by atomic mass is 79.9. The summed E-state index contributed by atoms with van der Waals surface area (Å²) in [5, 5.41) is 4.10. The molecule has 0 fully saturated rings. The monoisotopic (exact) mass is 295 g/mol. The molecular formula is C12H10BrNOS. The van der Waals surface area contributed by atoms with Crippen LogP contribution in [0.15, 0.2) is 39.6 Å². The maximum atomic E-state index is 11.8. The molecule has 0 atom stereocenters. The number of halogens is 1. The lowest BCUT2D eigenvalue weighted by Crippen LogP contribution is -2.03. The third-order valence-electron chi connectivity index (χ3n) is 2.23. The van der Waals surface area contributed by atoms with Crippen LogP contribution >= 0.6 is 27.3 Å². The average molecular weight is 296 g/mol. The van der Waals surface area contributed by atoms with Gasteiger partial charge in [0.05, 0.1) is 0 Å². The van der Waals surface area contributed by atoms with Gasteiger partial charge in [0.15, 0.2) is 5.78 Å². The number of carbonyl (C=O) groups excluding carboxylic acids is 1. The average Bonchev–Trinajstić information content (AvgIpc) is 2.80. The van der Waals surface area contributed by atoms with Crippen molar-refractivity contribution in [3.63, 3.8) is 0 Å². The summed E-state index contributed by atoms with van der Waals surface area (Å²) in [6.45, 7) is 0. The highest BCUT2D eigenvalue weighted by Gasteiger charge is 2.07. The highest BCUT2D eigenvalue weighted by molar-refractivity contribution is 9.10. The standard InChI is InChI=1S/C12H10BrNOS/c13-10-2-3-11(14-7-10)12(15)4-1-9-5-6-16-8-9/h2-3,5-8H,1,4H2.